The number of aryl methyl sites for hydroxylation is 3. The van der Waals surface area contributed by atoms with Crippen molar-refractivity contribution < 1.29 is 13.6 Å². The third-order valence-electron chi connectivity index (χ3n) is 5.05. The molecule has 0 fully saturated rings. The molecule has 0 unspecified atom stereocenters. The van der Waals surface area contributed by atoms with Crippen LogP contribution in [0.2, 0.25) is 0 Å². The smallest absolute Gasteiger partial charge is 0.234 e. The van der Waals surface area contributed by atoms with Crippen molar-refractivity contribution in [2.45, 2.75) is 38.9 Å². The van der Waals surface area contributed by atoms with E-state index in [1.54, 1.807) is 12.5 Å². The summed E-state index contributed by atoms with van der Waals surface area (Å²) in [5, 5.41) is 12.4. The van der Waals surface area contributed by atoms with Crippen LogP contribution in [0.4, 0.5) is 5.69 Å². The van der Waals surface area contributed by atoms with Gasteiger partial charge in [0.05, 0.1) is 30.4 Å². The number of thioether (sulfide) groups is 1. The molecule has 0 bridgehead atoms. The number of rotatable bonds is 8. The fourth-order valence-electron chi connectivity index (χ4n) is 3.42. The van der Waals surface area contributed by atoms with Crippen LogP contribution < -0.4 is 5.32 Å². The molecule has 31 heavy (non-hydrogen) atoms. The normalized spacial score (nSPS) is 11.1. The molecule has 0 spiro atoms. The highest BCUT2D eigenvalue weighted by Gasteiger charge is 2.19. The molecule has 1 amide bonds. The third kappa shape index (κ3) is 4.59. The highest BCUT2D eigenvalue weighted by Crippen LogP contribution is 2.28. The van der Waals surface area contributed by atoms with Crippen LogP contribution in [0.3, 0.4) is 0 Å². The van der Waals surface area contributed by atoms with E-state index in [4.69, 9.17) is 8.83 Å². The largest absolute Gasteiger partial charge is 0.469 e. The van der Waals surface area contributed by atoms with Gasteiger partial charge in [-0.15, -0.1) is 10.2 Å². The molecule has 7 nitrogen and oxygen atoms in total. The number of benzene rings is 1. The molecule has 160 valence electrons. The average Bonchev–Trinajstić information content (AvgIpc) is 3.50. The zero-order chi connectivity index (χ0) is 21.8. The number of furan rings is 2. The summed E-state index contributed by atoms with van der Waals surface area (Å²) in [7, 11) is 0. The first-order chi connectivity index (χ1) is 15.1. The zero-order valence-electron chi connectivity index (χ0n) is 17.7. The van der Waals surface area contributed by atoms with Crippen LogP contribution in [-0.2, 0) is 17.8 Å². The molecule has 4 rings (SSSR count). The van der Waals surface area contributed by atoms with Gasteiger partial charge in [0.2, 0.25) is 5.91 Å². The van der Waals surface area contributed by atoms with Gasteiger partial charge in [-0.25, -0.2) is 0 Å². The topological polar surface area (TPSA) is 86.1 Å². The van der Waals surface area contributed by atoms with Crippen LogP contribution in [-0.4, -0.2) is 26.4 Å². The summed E-state index contributed by atoms with van der Waals surface area (Å²) in [5.74, 6) is 2.35. The quantitative estimate of drug-likeness (QED) is 0.387. The van der Waals surface area contributed by atoms with Gasteiger partial charge in [-0.2, -0.15) is 0 Å². The molecule has 0 aliphatic rings. The molecule has 0 atom stereocenters. The Hall–Kier alpha value is -3.26. The van der Waals surface area contributed by atoms with Crippen LogP contribution in [0, 0.1) is 13.8 Å². The second-order valence-electron chi connectivity index (χ2n) is 7.16. The van der Waals surface area contributed by atoms with E-state index in [2.05, 4.69) is 22.4 Å². The number of carbonyl (C=O) groups is 1. The Balaban J connectivity index is 1.54. The highest BCUT2D eigenvalue weighted by atomic mass is 32.2. The number of nitrogens with one attached hydrogen (secondary N) is 1. The van der Waals surface area contributed by atoms with Crippen LogP contribution in [0.25, 0.3) is 11.4 Å². The first kappa shape index (κ1) is 21.0. The van der Waals surface area contributed by atoms with Gasteiger partial charge in [-0.1, -0.05) is 36.9 Å². The summed E-state index contributed by atoms with van der Waals surface area (Å²) in [6.45, 7) is 6.42. The molecule has 0 aliphatic carbocycles. The van der Waals surface area contributed by atoms with E-state index in [0.717, 1.165) is 40.3 Å². The fraction of sp³-hybridized carbons (Fsp3) is 0.261. The number of hydrogen-bond acceptors (Lipinski definition) is 6. The molecular weight excluding hydrogens is 412 g/mol. The first-order valence-corrected chi connectivity index (χ1v) is 11.1. The van der Waals surface area contributed by atoms with Gasteiger partial charge in [0.1, 0.15) is 11.5 Å². The number of hydrogen-bond donors (Lipinski definition) is 1. The average molecular weight is 437 g/mol. The molecule has 1 aromatic carbocycles. The van der Waals surface area contributed by atoms with Crippen molar-refractivity contribution in [2.75, 3.05) is 11.1 Å². The third-order valence-corrected chi connectivity index (χ3v) is 6.01. The Morgan fingerprint density at radius 3 is 2.68 bits per heavy atom. The highest BCUT2D eigenvalue weighted by molar-refractivity contribution is 7.99. The van der Waals surface area contributed by atoms with Crippen LogP contribution >= 0.6 is 11.8 Å². The number of anilines is 1. The minimum absolute atomic E-state index is 0.0809. The van der Waals surface area contributed by atoms with Crippen molar-refractivity contribution >= 4 is 23.4 Å². The summed E-state index contributed by atoms with van der Waals surface area (Å²) in [6, 6.07) is 11.7. The summed E-state index contributed by atoms with van der Waals surface area (Å²) in [6.07, 6.45) is 4.12. The molecule has 4 aromatic rings. The lowest BCUT2D eigenvalue weighted by Gasteiger charge is -2.13. The fourth-order valence-corrected chi connectivity index (χ4v) is 4.16. The van der Waals surface area contributed by atoms with Gasteiger partial charge >= 0.3 is 0 Å². The molecule has 0 aliphatic heterocycles. The molecule has 3 heterocycles. The summed E-state index contributed by atoms with van der Waals surface area (Å²) >= 11 is 1.34. The number of aromatic nitrogens is 3. The van der Waals surface area contributed by atoms with Crippen LogP contribution in [0.5, 0.6) is 0 Å². The lowest BCUT2D eigenvalue weighted by atomic mass is 10.1. The maximum Gasteiger partial charge on any atom is 0.234 e. The summed E-state index contributed by atoms with van der Waals surface area (Å²) in [4.78, 5) is 12.7. The lowest BCUT2D eigenvalue weighted by molar-refractivity contribution is -0.113. The molecule has 8 heteroatoms. The number of amides is 1. The van der Waals surface area contributed by atoms with E-state index in [1.807, 2.05) is 54.8 Å². The Morgan fingerprint density at radius 1 is 1.10 bits per heavy atom. The predicted octanol–water partition coefficient (Wildman–Crippen LogP) is 5.09. The van der Waals surface area contributed by atoms with Crippen molar-refractivity contribution in [1.29, 1.82) is 0 Å². The zero-order valence-corrected chi connectivity index (χ0v) is 18.5. The molecule has 0 radical (unpaired) electrons. The first-order valence-electron chi connectivity index (χ1n) is 10.1. The summed E-state index contributed by atoms with van der Waals surface area (Å²) < 4.78 is 12.9. The monoisotopic (exact) mass is 436 g/mol. The van der Waals surface area contributed by atoms with E-state index >= 15 is 0 Å². The van der Waals surface area contributed by atoms with Crippen molar-refractivity contribution in [3.05, 3.63) is 71.6 Å². The van der Waals surface area contributed by atoms with Gasteiger partial charge in [-0.05, 0) is 49.6 Å². The molecule has 0 saturated carbocycles. The Bertz CT molecular complexity index is 1180. The number of carbonyl (C=O) groups excluding carboxylic acids is 1. The Kier molecular flexibility index (Phi) is 6.27. The molecule has 1 N–H and O–H groups in total. The van der Waals surface area contributed by atoms with Gasteiger partial charge in [0, 0.05) is 5.69 Å². The van der Waals surface area contributed by atoms with E-state index < -0.39 is 0 Å². The predicted molar refractivity (Wildman–Crippen MR) is 120 cm³/mol. The van der Waals surface area contributed by atoms with Crippen molar-refractivity contribution in [1.82, 2.24) is 14.8 Å². The van der Waals surface area contributed by atoms with Crippen molar-refractivity contribution in [3.8, 4) is 11.4 Å². The minimum atomic E-state index is -0.0809. The van der Waals surface area contributed by atoms with Crippen LogP contribution in [0.1, 0.15) is 29.6 Å². The van der Waals surface area contributed by atoms with E-state index in [1.165, 1.54) is 11.8 Å². The van der Waals surface area contributed by atoms with Gasteiger partial charge in [0.15, 0.2) is 11.0 Å². The maximum atomic E-state index is 12.7. The van der Waals surface area contributed by atoms with Gasteiger partial charge < -0.3 is 14.2 Å². The van der Waals surface area contributed by atoms with Gasteiger partial charge in [-0.3, -0.25) is 9.36 Å². The lowest BCUT2D eigenvalue weighted by Crippen LogP contribution is -2.17. The number of para-hydroxylation sites is 1. The molecular formula is C23H24N4O3S. The minimum Gasteiger partial charge on any atom is -0.469 e. The van der Waals surface area contributed by atoms with E-state index in [9.17, 15) is 4.79 Å². The van der Waals surface area contributed by atoms with E-state index in [-0.39, 0.29) is 11.7 Å². The second-order valence-corrected chi connectivity index (χ2v) is 8.10. The molecule has 3 aromatic heterocycles. The molecule has 0 saturated heterocycles. The van der Waals surface area contributed by atoms with Gasteiger partial charge in [0.25, 0.3) is 0 Å². The Morgan fingerprint density at radius 2 is 1.97 bits per heavy atom. The Labute approximate surface area is 184 Å². The van der Waals surface area contributed by atoms with Crippen molar-refractivity contribution in [3.63, 3.8) is 0 Å². The number of nitrogens with zero attached hydrogens (tertiary/aromatic N) is 3. The van der Waals surface area contributed by atoms with Crippen LogP contribution in [0.15, 0.2) is 62.9 Å². The van der Waals surface area contributed by atoms with Crippen molar-refractivity contribution in [2.24, 2.45) is 0 Å². The van der Waals surface area contributed by atoms with E-state index in [0.29, 0.717) is 17.5 Å². The maximum absolute atomic E-state index is 12.7. The summed E-state index contributed by atoms with van der Waals surface area (Å²) in [5.41, 5.74) is 3.93. The standard InChI is InChI=1S/C23H24N4O3S/c1-4-17-8-5-7-15(2)21(17)24-20(28)14-31-23-26-25-22(19-10-12-29-16(19)3)27(23)13-18-9-6-11-30-18/h5-12H,4,13-14H2,1-3H3,(H,24,28). The SMILES string of the molecule is CCc1cccc(C)c1NC(=O)CSc1nnc(-c2ccoc2C)n1Cc1ccco1. The second kappa shape index (κ2) is 9.26.